The summed E-state index contributed by atoms with van der Waals surface area (Å²) in [5.41, 5.74) is 0. The largest absolute Gasteiger partial charge is 0.391 e. The van der Waals surface area contributed by atoms with Crippen molar-refractivity contribution in [3.8, 4) is 0 Å². The van der Waals surface area contributed by atoms with E-state index in [1.165, 1.54) is 0 Å². The maximum Gasteiger partial charge on any atom is 0.0705 e. The molecule has 1 fully saturated rings. The van der Waals surface area contributed by atoms with Gasteiger partial charge >= 0.3 is 0 Å². The molecule has 3 nitrogen and oxygen atoms in total. The van der Waals surface area contributed by atoms with Gasteiger partial charge in [0, 0.05) is 32.2 Å². The number of aliphatic hydroxyl groups is 1. The number of hydrogen-bond acceptors (Lipinski definition) is 3. The summed E-state index contributed by atoms with van der Waals surface area (Å²) in [4.78, 5) is 0. The van der Waals surface area contributed by atoms with E-state index in [2.05, 4.69) is 5.32 Å². The minimum absolute atomic E-state index is 0.157. The summed E-state index contributed by atoms with van der Waals surface area (Å²) in [6, 6.07) is 0. The first kappa shape index (κ1) is 8.97. The number of rotatable bonds is 4. The van der Waals surface area contributed by atoms with Gasteiger partial charge in [0.2, 0.25) is 0 Å². The van der Waals surface area contributed by atoms with Crippen LogP contribution in [-0.2, 0) is 4.74 Å². The van der Waals surface area contributed by atoms with E-state index in [1.807, 2.05) is 6.92 Å². The van der Waals surface area contributed by atoms with E-state index in [-0.39, 0.29) is 6.10 Å². The first-order chi connectivity index (χ1) is 5.34. The predicted molar refractivity (Wildman–Crippen MR) is 43.5 cm³/mol. The van der Waals surface area contributed by atoms with Crippen LogP contribution in [0.5, 0.6) is 0 Å². The summed E-state index contributed by atoms with van der Waals surface area (Å²) in [7, 11) is 0. The number of nitrogens with one attached hydrogen (secondary N) is 1. The molecule has 2 N–H and O–H groups in total. The third kappa shape index (κ3) is 2.77. The second-order valence-corrected chi connectivity index (χ2v) is 2.97. The number of aliphatic hydroxyl groups excluding tert-OH is 1. The molecular formula is C8H17NO2. The summed E-state index contributed by atoms with van der Waals surface area (Å²) < 4.78 is 5.20. The molecule has 1 aliphatic heterocycles. The van der Waals surface area contributed by atoms with Gasteiger partial charge in [0.15, 0.2) is 0 Å². The highest BCUT2D eigenvalue weighted by atomic mass is 16.5. The second-order valence-electron chi connectivity index (χ2n) is 2.97. The summed E-state index contributed by atoms with van der Waals surface area (Å²) >= 11 is 0. The molecule has 2 atom stereocenters. The smallest absolute Gasteiger partial charge is 0.0705 e. The molecule has 0 amide bonds. The van der Waals surface area contributed by atoms with Crippen molar-refractivity contribution in [3.63, 3.8) is 0 Å². The highest BCUT2D eigenvalue weighted by Crippen LogP contribution is 2.12. The molecule has 0 spiro atoms. The van der Waals surface area contributed by atoms with Crippen molar-refractivity contribution in [2.24, 2.45) is 5.92 Å². The minimum atomic E-state index is -0.157. The van der Waals surface area contributed by atoms with Gasteiger partial charge in [0.25, 0.3) is 0 Å². The van der Waals surface area contributed by atoms with Gasteiger partial charge in [0.05, 0.1) is 6.10 Å². The Morgan fingerprint density at radius 1 is 1.55 bits per heavy atom. The average Bonchev–Trinajstić information content (AvgIpc) is 2.37. The molecule has 1 saturated heterocycles. The Hall–Kier alpha value is -0.120. The Bertz CT molecular complexity index is 108. The lowest BCUT2D eigenvalue weighted by molar-refractivity contribution is 0.0950. The monoisotopic (exact) mass is 159 g/mol. The molecule has 1 heterocycles. The minimum Gasteiger partial charge on any atom is -0.391 e. The van der Waals surface area contributed by atoms with E-state index in [0.29, 0.717) is 5.92 Å². The van der Waals surface area contributed by atoms with Crippen molar-refractivity contribution < 1.29 is 9.84 Å². The molecule has 0 radical (unpaired) electrons. The third-order valence-corrected chi connectivity index (χ3v) is 2.14. The van der Waals surface area contributed by atoms with Crippen LogP contribution >= 0.6 is 0 Å². The molecule has 1 aliphatic rings. The molecule has 3 heteroatoms. The van der Waals surface area contributed by atoms with E-state index < -0.39 is 0 Å². The highest BCUT2D eigenvalue weighted by Gasteiger charge is 2.23. The molecule has 11 heavy (non-hydrogen) atoms. The maximum absolute atomic E-state index is 9.37. The van der Waals surface area contributed by atoms with Crippen molar-refractivity contribution in [1.82, 2.24) is 5.32 Å². The van der Waals surface area contributed by atoms with Crippen molar-refractivity contribution in [2.45, 2.75) is 19.4 Å². The van der Waals surface area contributed by atoms with E-state index >= 15 is 0 Å². The average molecular weight is 159 g/mol. The van der Waals surface area contributed by atoms with Crippen LogP contribution < -0.4 is 5.32 Å². The van der Waals surface area contributed by atoms with Gasteiger partial charge in [-0.2, -0.15) is 0 Å². The number of ether oxygens (including phenoxy) is 1. The van der Waals surface area contributed by atoms with Crippen molar-refractivity contribution >= 4 is 0 Å². The van der Waals surface area contributed by atoms with E-state index in [1.54, 1.807) is 0 Å². The molecular weight excluding hydrogens is 142 g/mol. The van der Waals surface area contributed by atoms with E-state index in [9.17, 15) is 5.11 Å². The molecule has 0 saturated carbocycles. The Balaban J connectivity index is 2.05. The summed E-state index contributed by atoms with van der Waals surface area (Å²) in [5, 5.41) is 12.5. The zero-order valence-electron chi connectivity index (χ0n) is 7.05. The van der Waals surface area contributed by atoms with Crippen LogP contribution in [0, 0.1) is 5.92 Å². The summed E-state index contributed by atoms with van der Waals surface area (Å²) in [6.45, 7) is 5.23. The van der Waals surface area contributed by atoms with Gasteiger partial charge in [-0.15, -0.1) is 0 Å². The van der Waals surface area contributed by atoms with Crippen LogP contribution in [0.2, 0.25) is 0 Å². The molecule has 0 bridgehead atoms. The SMILES string of the molecule is CCOCC[C@@H]1CNC[C@H]1O. The molecule has 0 aromatic heterocycles. The fourth-order valence-electron chi connectivity index (χ4n) is 1.39. The summed E-state index contributed by atoms with van der Waals surface area (Å²) in [6.07, 6.45) is 0.817. The normalized spacial score (nSPS) is 31.1. The second kappa shape index (κ2) is 4.70. The third-order valence-electron chi connectivity index (χ3n) is 2.14. The van der Waals surface area contributed by atoms with Crippen molar-refractivity contribution in [3.05, 3.63) is 0 Å². The van der Waals surface area contributed by atoms with Crippen LogP contribution in [0.1, 0.15) is 13.3 Å². The van der Waals surface area contributed by atoms with Crippen LogP contribution in [-0.4, -0.2) is 37.5 Å². The standard InChI is InChI=1S/C8H17NO2/c1-2-11-4-3-7-5-9-6-8(7)10/h7-10H,2-6H2,1H3/t7-,8-/m1/s1. The lowest BCUT2D eigenvalue weighted by Gasteiger charge is -2.12. The van der Waals surface area contributed by atoms with E-state index in [0.717, 1.165) is 32.7 Å². The molecule has 0 aromatic rings. The quantitative estimate of drug-likeness (QED) is 0.567. The van der Waals surface area contributed by atoms with Gasteiger partial charge in [-0.25, -0.2) is 0 Å². The zero-order valence-corrected chi connectivity index (χ0v) is 7.05. The molecule has 0 aliphatic carbocycles. The van der Waals surface area contributed by atoms with Crippen molar-refractivity contribution in [2.75, 3.05) is 26.3 Å². The predicted octanol–water partition coefficient (Wildman–Crippen LogP) is -0.00670. The van der Waals surface area contributed by atoms with Crippen LogP contribution in [0.25, 0.3) is 0 Å². The van der Waals surface area contributed by atoms with Gasteiger partial charge in [0.1, 0.15) is 0 Å². The lowest BCUT2D eigenvalue weighted by Crippen LogP contribution is -2.19. The molecule has 0 unspecified atom stereocenters. The van der Waals surface area contributed by atoms with Gasteiger partial charge < -0.3 is 15.2 Å². The first-order valence-corrected chi connectivity index (χ1v) is 4.31. The zero-order chi connectivity index (χ0) is 8.10. The number of hydrogen-bond donors (Lipinski definition) is 2. The lowest BCUT2D eigenvalue weighted by atomic mass is 10.0. The Morgan fingerprint density at radius 2 is 2.36 bits per heavy atom. The first-order valence-electron chi connectivity index (χ1n) is 4.31. The molecule has 1 rings (SSSR count). The van der Waals surface area contributed by atoms with Gasteiger partial charge in [-0.3, -0.25) is 0 Å². The Morgan fingerprint density at radius 3 is 2.91 bits per heavy atom. The van der Waals surface area contributed by atoms with Crippen LogP contribution in [0.15, 0.2) is 0 Å². The topological polar surface area (TPSA) is 41.5 Å². The molecule has 0 aromatic carbocycles. The maximum atomic E-state index is 9.37. The highest BCUT2D eigenvalue weighted by molar-refractivity contribution is 4.79. The fourth-order valence-corrected chi connectivity index (χ4v) is 1.39. The van der Waals surface area contributed by atoms with Gasteiger partial charge in [-0.05, 0) is 13.3 Å². The van der Waals surface area contributed by atoms with Crippen molar-refractivity contribution in [1.29, 1.82) is 0 Å². The van der Waals surface area contributed by atoms with E-state index in [4.69, 9.17) is 4.74 Å². The Labute approximate surface area is 67.7 Å². The van der Waals surface area contributed by atoms with Crippen LogP contribution in [0.3, 0.4) is 0 Å². The van der Waals surface area contributed by atoms with Crippen LogP contribution in [0.4, 0.5) is 0 Å². The molecule has 66 valence electrons. The summed E-state index contributed by atoms with van der Waals surface area (Å²) in [5.74, 6) is 0.404. The van der Waals surface area contributed by atoms with Gasteiger partial charge in [-0.1, -0.05) is 0 Å². The Kier molecular flexibility index (Phi) is 3.83. The number of β-amino-alcohol motifs (C(OH)–C–C–N with tert-alkyl or cyclic N) is 1. The fraction of sp³-hybridized carbons (Fsp3) is 1.00.